The maximum atomic E-state index is 5.76. The van der Waals surface area contributed by atoms with Crippen LogP contribution in [-0.4, -0.2) is 68.3 Å². The van der Waals surface area contributed by atoms with E-state index in [9.17, 15) is 0 Å². The lowest BCUT2D eigenvalue weighted by atomic mass is 10.2. The van der Waals surface area contributed by atoms with Crippen LogP contribution in [0.25, 0.3) is 0 Å². The summed E-state index contributed by atoms with van der Waals surface area (Å²) >= 11 is 5.25. The molecule has 1 fully saturated rings. The highest BCUT2D eigenvalue weighted by Gasteiger charge is 2.09. The standard InChI is InChI=1S/C19H30N4O3S/c1-4-25-18-13-16(5-6-17(18)26-15(2)3)14-21-22-19(27)20-7-8-23-9-11-24-12-10-23/h5-6,13-15H,4,7-12H2,1-3H3,(H2,20,22,27)/b21-14+. The fourth-order valence-corrected chi connectivity index (χ4v) is 2.74. The van der Waals surface area contributed by atoms with Gasteiger partial charge in [-0.3, -0.25) is 10.3 Å². The predicted molar refractivity (Wildman–Crippen MR) is 112 cm³/mol. The topological polar surface area (TPSA) is 67.4 Å². The van der Waals surface area contributed by atoms with Gasteiger partial charge in [-0.05, 0) is 56.8 Å². The Hall–Kier alpha value is -1.90. The molecule has 2 rings (SSSR count). The number of rotatable bonds is 9. The second kappa shape index (κ2) is 11.7. The molecule has 7 nitrogen and oxygen atoms in total. The van der Waals surface area contributed by atoms with Gasteiger partial charge in [0, 0.05) is 26.2 Å². The molecule has 27 heavy (non-hydrogen) atoms. The minimum atomic E-state index is 0.0892. The largest absolute Gasteiger partial charge is 0.490 e. The number of hydrogen-bond donors (Lipinski definition) is 2. The molecule has 1 aliphatic rings. The average molecular weight is 395 g/mol. The van der Waals surface area contributed by atoms with Crippen LogP contribution in [0, 0.1) is 0 Å². The number of ether oxygens (including phenoxy) is 3. The predicted octanol–water partition coefficient (Wildman–Crippen LogP) is 2.00. The molecular formula is C19H30N4O3S. The van der Waals surface area contributed by atoms with Crippen molar-refractivity contribution in [2.45, 2.75) is 26.9 Å². The summed E-state index contributed by atoms with van der Waals surface area (Å²) in [6.07, 6.45) is 1.80. The summed E-state index contributed by atoms with van der Waals surface area (Å²) in [6.45, 7) is 11.8. The zero-order chi connectivity index (χ0) is 19.5. The summed E-state index contributed by atoms with van der Waals surface area (Å²) in [4.78, 5) is 2.35. The summed E-state index contributed by atoms with van der Waals surface area (Å²) in [7, 11) is 0. The first kappa shape index (κ1) is 21.4. The molecule has 0 aromatic heterocycles. The Morgan fingerprint density at radius 1 is 1.33 bits per heavy atom. The first-order valence-corrected chi connectivity index (χ1v) is 9.79. The van der Waals surface area contributed by atoms with E-state index in [0.717, 1.165) is 50.7 Å². The van der Waals surface area contributed by atoms with Crippen LogP contribution in [0.1, 0.15) is 26.3 Å². The van der Waals surface area contributed by atoms with Gasteiger partial charge in [-0.2, -0.15) is 5.10 Å². The summed E-state index contributed by atoms with van der Waals surface area (Å²) < 4.78 is 16.8. The summed E-state index contributed by atoms with van der Waals surface area (Å²) in [6, 6.07) is 5.73. The highest BCUT2D eigenvalue weighted by molar-refractivity contribution is 7.80. The molecular weight excluding hydrogens is 364 g/mol. The van der Waals surface area contributed by atoms with E-state index < -0.39 is 0 Å². The lowest BCUT2D eigenvalue weighted by Gasteiger charge is -2.26. The third-order valence-corrected chi connectivity index (χ3v) is 4.06. The van der Waals surface area contributed by atoms with Gasteiger partial charge < -0.3 is 19.5 Å². The number of nitrogens with zero attached hydrogens (tertiary/aromatic N) is 2. The lowest BCUT2D eigenvalue weighted by Crippen LogP contribution is -2.42. The molecule has 1 aliphatic heterocycles. The molecule has 0 radical (unpaired) electrons. The fraction of sp³-hybridized carbons (Fsp3) is 0.579. The third kappa shape index (κ3) is 8.11. The van der Waals surface area contributed by atoms with Crippen LogP contribution in [-0.2, 0) is 4.74 Å². The van der Waals surface area contributed by atoms with Gasteiger partial charge in [0.05, 0.1) is 32.1 Å². The van der Waals surface area contributed by atoms with E-state index in [1.165, 1.54) is 0 Å². The van der Waals surface area contributed by atoms with Gasteiger partial charge in [-0.1, -0.05) is 0 Å². The van der Waals surface area contributed by atoms with Crippen molar-refractivity contribution in [3.63, 3.8) is 0 Å². The molecule has 0 spiro atoms. The Kier molecular flexibility index (Phi) is 9.30. The van der Waals surface area contributed by atoms with Gasteiger partial charge >= 0.3 is 0 Å². The van der Waals surface area contributed by atoms with E-state index in [4.69, 9.17) is 26.4 Å². The van der Waals surface area contributed by atoms with Crippen LogP contribution in [0.3, 0.4) is 0 Å². The van der Waals surface area contributed by atoms with Gasteiger partial charge in [0.15, 0.2) is 16.6 Å². The van der Waals surface area contributed by atoms with Crippen LogP contribution in [0.4, 0.5) is 0 Å². The highest BCUT2D eigenvalue weighted by Crippen LogP contribution is 2.28. The monoisotopic (exact) mass is 394 g/mol. The molecule has 1 heterocycles. The Labute approximate surface area is 167 Å². The number of hydrazone groups is 1. The van der Waals surface area contributed by atoms with E-state index in [1.54, 1.807) is 6.21 Å². The lowest BCUT2D eigenvalue weighted by molar-refractivity contribution is 0.0389. The summed E-state index contributed by atoms with van der Waals surface area (Å²) in [5.74, 6) is 1.44. The first-order chi connectivity index (χ1) is 13.1. The van der Waals surface area contributed by atoms with Crippen LogP contribution in [0.15, 0.2) is 23.3 Å². The van der Waals surface area contributed by atoms with Gasteiger partial charge in [0.25, 0.3) is 0 Å². The van der Waals surface area contributed by atoms with Gasteiger partial charge in [0.1, 0.15) is 0 Å². The van der Waals surface area contributed by atoms with Crippen LogP contribution >= 0.6 is 12.2 Å². The van der Waals surface area contributed by atoms with Crippen molar-refractivity contribution in [3.05, 3.63) is 23.8 Å². The molecule has 0 saturated carbocycles. The Balaban J connectivity index is 1.78. The van der Waals surface area contributed by atoms with E-state index >= 15 is 0 Å². The van der Waals surface area contributed by atoms with Gasteiger partial charge in [0.2, 0.25) is 0 Å². The second-order valence-corrected chi connectivity index (χ2v) is 6.79. The molecule has 1 aromatic carbocycles. The maximum Gasteiger partial charge on any atom is 0.187 e. The van der Waals surface area contributed by atoms with Crippen molar-refractivity contribution in [1.29, 1.82) is 0 Å². The molecule has 1 aromatic rings. The van der Waals surface area contributed by atoms with Crippen molar-refractivity contribution in [1.82, 2.24) is 15.6 Å². The molecule has 0 atom stereocenters. The Bertz CT molecular complexity index is 619. The minimum absolute atomic E-state index is 0.0892. The van der Waals surface area contributed by atoms with Crippen molar-refractivity contribution in [2.75, 3.05) is 46.0 Å². The number of hydrogen-bond acceptors (Lipinski definition) is 6. The number of nitrogens with one attached hydrogen (secondary N) is 2. The number of benzene rings is 1. The van der Waals surface area contributed by atoms with E-state index in [-0.39, 0.29) is 6.10 Å². The summed E-state index contributed by atoms with van der Waals surface area (Å²) in [5, 5.41) is 7.85. The van der Waals surface area contributed by atoms with Gasteiger partial charge in [-0.15, -0.1) is 0 Å². The minimum Gasteiger partial charge on any atom is -0.490 e. The first-order valence-electron chi connectivity index (χ1n) is 9.39. The molecule has 1 saturated heterocycles. The molecule has 0 bridgehead atoms. The van der Waals surface area contributed by atoms with Gasteiger partial charge in [-0.25, -0.2) is 0 Å². The Morgan fingerprint density at radius 2 is 2.11 bits per heavy atom. The molecule has 0 amide bonds. The second-order valence-electron chi connectivity index (χ2n) is 6.39. The quantitative estimate of drug-likeness (QED) is 0.377. The zero-order valence-electron chi connectivity index (χ0n) is 16.4. The van der Waals surface area contributed by atoms with Crippen LogP contribution in [0.5, 0.6) is 11.5 Å². The van der Waals surface area contributed by atoms with Crippen molar-refractivity contribution < 1.29 is 14.2 Å². The molecule has 0 aliphatic carbocycles. The molecule has 150 valence electrons. The fourth-order valence-electron chi connectivity index (χ4n) is 2.58. The summed E-state index contributed by atoms with van der Waals surface area (Å²) in [5.41, 5.74) is 3.74. The van der Waals surface area contributed by atoms with Crippen molar-refractivity contribution in [2.24, 2.45) is 5.10 Å². The highest BCUT2D eigenvalue weighted by atomic mass is 32.1. The third-order valence-electron chi connectivity index (χ3n) is 3.83. The smallest absolute Gasteiger partial charge is 0.187 e. The maximum absolute atomic E-state index is 5.76. The SMILES string of the molecule is CCOc1cc(/C=N/NC(=S)NCCN2CCOCC2)ccc1OC(C)C. The molecule has 8 heteroatoms. The van der Waals surface area contributed by atoms with Crippen LogP contribution < -0.4 is 20.2 Å². The van der Waals surface area contributed by atoms with E-state index in [2.05, 4.69) is 20.7 Å². The van der Waals surface area contributed by atoms with Crippen molar-refractivity contribution >= 4 is 23.5 Å². The van der Waals surface area contributed by atoms with Crippen LogP contribution in [0.2, 0.25) is 0 Å². The Morgan fingerprint density at radius 3 is 2.81 bits per heavy atom. The molecule has 0 unspecified atom stereocenters. The average Bonchev–Trinajstić information content (AvgIpc) is 2.64. The van der Waals surface area contributed by atoms with E-state index in [0.29, 0.717) is 17.5 Å². The normalized spacial score (nSPS) is 15.1. The number of thiocarbonyl (C=S) groups is 1. The van der Waals surface area contributed by atoms with Crippen molar-refractivity contribution in [3.8, 4) is 11.5 Å². The van der Waals surface area contributed by atoms with E-state index in [1.807, 2.05) is 39.0 Å². The zero-order valence-corrected chi connectivity index (χ0v) is 17.2. The number of morpholine rings is 1. The molecule has 2 N–H and O–H groups in total.